The Morgan fingerprint density at radius 3 is 2.37 bits per heavy atom. The third kappa shape index (κ3) is 5.47. The number of amides is 1. The molecule has 7 heteroatoms. The van der Waals surface area contributed by atoms with Crippen LogP contribution in [0.1, 0.15) is 35.6 Å². The number of hydrogen-bond donors (Lipinski definition) is 1. The minimum atomic E-state index is -0.345. The number of halogens is 1. The van der Waals surface area contributed by atoms with Crippen molar-refractivity contribution in [3.05, 3.63) is 107 Å². The lowest BCUT2D eigenvalue weighted by Gasteiger charge is -2.38. The number of aromatic nitrogens is 1. The van der Waals surface area contributed by atoms with Gasteiger partial charge in [0.2, 0.25) is 0 Å². The Bertz CT molecular complexity index is 1420. The van der Waals surface area contributed by atoms with Gasteiger partial charge in [0.15, 0.2) is 0 Å². The number of nitrogens with one attached hydrogen (secondary N) is 1. The smallest absolute Gasteiger partial charge is 0.407 e. The summed E-state index contributed by atoms with van der Waals surface area (Å²) in [7, 11) is 0. The molecule has 1 amide bonds. The number of piperidine rings is 1. The van der Waals surface area contributed by atoms with Gasteiger partial charge in [0.1, 0.15) is 18.0 Å². The second-order valence-electron chi connectivity index (χ2n) is 10.2. The first kappa shape index (κ1) is 24.7. The molecule has 3 heterocycles. The van der Waals surface area contributed by atoms with Crippen molar-refractivity contribution in [1.82, 2.24) is 15.2 Å². The number of para-hydroxylation sites is 1. The molecule has 1 aromatic heterocycles. The van der Waals surface area contributed by atoms with E-state index in [1.54, 1.807) is 0 Å². The predicted octanol–water partition coefficient (Wildman–Crippen LogP) is 6.17. The standard InChI is InChI=1S/C31H30ClN3O3/c32-25-10-5-22(6-11-25)28(19-35-17-15-31(16-18-35)21-33-30(36)38-31)23-8-13-27(14-9-23)37-20-26-12-7-24-3-1-2-4-29(24)34-26/h1-14,28H,15-21H2,(H,33,36). The topological polar surface area (TPSA) is 63.7 Å². The molecule has 0 bridgehead atoms. The number of fused-ring (bicyclic) bond motifs is 1. The highest BCUT2D eigenvalue weighted by Crippen LogP contribution is 2.33. The summed E-state index contributed by atoms with van der Waals surface area (Å²) in [6, 6.07) is 28.7. The van der Waals surface area contributed by atoms with Gasteiger partial charge in [-0.05, 0) is 47.5 Å². The Morgan fingerprint density at radius 1 is 0.947 bits per heavy atom. The Labute approximate surface area is 227 Å². The molecule has 2 fully saturated rings. The van der Waals surface area contributed by atoms with Crippen LogP contribution in [0.15, 0.2) is 84.9 Å². The van der Waals surface area contributed by atoms with Crippen LogP contribution in [-0.4, -0.2) is 47.8 Å². The van der Waals surface area contributed by atoms with Crippen molar-refractivity contribution < 1.29 is 14.3 Å². The van der Waals surface area contributed by atoms with Crippen LogP contribution < -0.4 is 10.1 Å². The average molecular weight is 528 g/mol. The zero-order valence-corrected chi connectivity index (χ0v) is 21.9. The van der Waals surface area contributed by atoms with Gasteiger partial charge in [-0.2, -0.15) is 0 Å². The maximum atomic E-state index is 11.6. The van der Waals surface area contributed by atoms with E-state index in [-0.39, 0.29) is 17.6 Å². The molecule has 3 aromatic carbocycles. The fourth-order valence-electron chi connectivity index (χ4n) is 5.42. The number of hydrogen-bond acceptors (Lipinski definition) is 5. The van der Waals surface area contributed by atoms with E-state index in [1.807, 2.05) is 48.5 Å². The largest absolute Gasteiger partial charge is 0.487 e. The third-order valence-electron chi connectivity index (χ3n) is 7.67. The lowest BCUT2D eigenvalue weighted by atomic mass is 9.88. The summed E-state index contributed by atoms with van der Waals surface area (Å²) in [4.78, 5) is 18.8. The van der Waals surface area contributed by atoms with Crippen LogP contribution in [0.5, 0.6) is 5.75 Å². The summed E-state index contributed by atoms with van der Waals surface area (Å²) in [6.07, 6.45) is 1.39. The molecule has 6 rings (SSSR count). The first-order chi connectivity index (χ1) is 18.6. The number of alkyl carbamates (subject to hydrolysis) is 1. The van der Waals surface area contributed by atoms with Crippen LogP contribution in [0.25, 0.3) is 10.9 Å². The molecule has 38 heavy (non-hydrogen) atoms. The molecule has 194 valence electrons. The number of carbonyl (C=O) groups excluding carboxylic acids is 1. The summed E-state index contributed by atoms with van der Waals surface area (Å²) in [5.74, 6) is 0.996. The molecule has 1 unspecified atom stereocenters. The third-order valence-corrected chi connectivity index (χ3v) is 7.92. The van der Waals surface area contributed by atoms with E-state index in [0.29, 0.717) is 13.2 Å². The fourth-order valence-corrected chi connectivity index (χ4v) is 5.55. The van der Waals surface area contributed by atoms with Crippen molar-refractivity contribution in [1.29, 1.82) is 0 Å². The normalized spacial score (nSPS) is 17.8. The van der Waals surface area contributed by atoms with Crippen LogP contribution in [0.2, 0.25) is 5.02 Å². The maximum Gasteiger partial charge on any atom is 0.407 e. The van der Waals surface area contributed by atoms with Gasteiger partial charge in [-0.3, -0.25) is 0 Å². The van der Waals surface area contributed by atoms with Gasteiger partial charge in [-0.1, -0.05) is 60.1 Å². The monoisotopic (exact) mass is 527 g/mol. The Morgan fingerprint density at radius 2 is 1.66 bits per heavy atom. The van der Waals surface area contributed by atoms with E-state index in [0.717, 1.165) is 59.8 Å². The SMILES string of the molecule is O=C1NCC2(CCN(CC(c3ccc(Cl)cc3)c3ccc(OCc4ccc5ccccc5n4)cc3)CC2)O1. The fraction of sp³-hybridized carbons (Fsp3) is 0.290. The number of carbonyl (C=O) groups is 1. The Balaban J connectivity index is 1.14. The molecule has 0 aliphatic carbocycles. The van der Waals surface area contributed by atoms with Crippen molar-refractivity contribution in [3.8, 4) is 5.75 Å². The van der Waals surface area contributed by atoms with Crippen molar-refractivity contribution in [3.63, 3.8) is 0 Å². The van der Waals surface area contributed by atoms with Gasteiger partial charge >= 0.3 is 6.09 Å². The first-order valence-corrected chi connectivity index (χ1v) is 13.5. The van der Waals surface area contributed by atoms with Crippen molar-refractivity contribution in [2.24, 2.45) is 0 Å². The minimum absolute atomic E-state index is 0.182. The lowest BCUT2D eigenvalue weighted by molar-refractivity contribution is 0.000314. The zero-order valence-electron chi connectivity index (χ0n) is 21.1. The van der Waals surface area contributed by atoms with Gasteiger partial charge in [0, 0.05) is 48.8 Å². The van der Waals surface area contributed by atoms with Crippen molar-refractivity contribution in [2.45, 2.75) is 31.0 Å². The second-order valence-corrected chi connectivity index (χ2v) is 10.6. The van der Waals surface area contributed by atoms with Crippen molar-refractivity contribution >= 4 is 28.6 Å². The highest BCUT2D eigenvalue weighted by Gasteiger charge is 2.43. The van der Waals surface area contributed by atoms with Gasteiger partial charge in [-0.15, -0.1) is 0 Å². The molecule has 1 N–H and O–H groups in total. The van der Waals surface area contributed by atoms with Crippen LogP contribution in [0.3, 0.4) is 0 Å². The molecule has 2 aliphatic rings. The van der Waals surface area contributed by atoms with Gasteiger partial charge in [-0.25, -0.2) is 9.78 Å². The number of rotatable bonds is 7. The van der Waals surface area contributed by atoms with Crippen LogP contribution in [0, 0.1) is 0 Å². The molecule has 0 saturated carbocycles. The number of benzene rings is 3. The van der Waals surface area contributed by atoms with Crippen LogP contribution >= 0.6 is 11.6 Å². The van der Waals surface area contributed by atoms with E-state index < -0.39 is 0 Å². The van der Waals surface area contributed by atoms with Crippen LogP contribution in [0.4, 0.5) is 4.79 Å². The summed E-state index contributed by atoms with van der Waals surface area (Å²) in [5, 5.41) is 4.67. The van der Waals surface area contributed by atoms with E-state index >= 15 is 0 Å². The minimum Gasteiger partial charge on any atom is -0.487 e. The Kier molecular flexibility index (Phi) is 6.92. The van der Waals surface area contributed by atoms with E-state index in [2.05, 4.69) is 46.6 Å². The first-order valence-electron chi connectivity index (χ1n) is 13.1. The number of nitrogens with zero attached hydrogens (tertiary/aromatic N) is 2. The number of pyridine rings is 1. The molecule has 2 saturated heterocycles. The van der Waals surface area contributed by atoms with E-state index in [4.69, 9.17) is 26.1 Å². The highest BCUT2D eigenvalue weighted by molar-refractivity contribution is 6.30. The average Bonchev–Trinajstić information content (AvgIpc) is 3.32. The molecule has 2 aliphatic heterocycles. The molecule has 4 aromatic rings. The summed E-state index contributed by atoms with van der Waals surface area (Å²) >= 11 is 6.19. The van der Waals surface area contributed by atoms with Crippen molar-refractivity contribution in [2.75, 3.05) is 26.2 Å². The van der Waals surface area contributed by atoms with Gasteiger partial charge in [0.05, 0.1) is 17.8 Å². The van der Waals surface area contributed by atoms with Gasteiger partial charge < -0.3 is 19.7 Å². The summed E-state index contributed by atoms with van der Waals surface area (Å²) < 4.78 is 11.7. The lowest BCUT2D eigenvalue weighted by Crippen LogP contribution is -2.47. The van der Waals surface area contributed by atoms with Gasteiger partial charge in [0.25, 0.3) is 0 Å². The quantitative estimate of drug-likeness (QED) is 0.311. The zero-order chi connectivity index (χ0) is 26.0. The molecule has 0 radical (unpaired) electrons. The molecular formula is C31H30ClN3O3. The molecule has 6 nitrogen and oxygen atoms in total. The maximum absolute atomic E-state index is 11.6. The summed E-state index contributed by atoms with van der Waals surface area (Å²) in [6.45, 7) is 3.68. The van der Waals surface area contributed by atoms with E-state index in [9.17, 15) is 4.79 Å². The number of ether oxygens (including phenoxy) is 2. The predicted molar refractivity (Wildman–Crippen MR) is 149 cm³/mol. The highest BCUT2D eigenvalue weighted by atomic mass is 35.5. The molecule has 1 spiro atoms. The Hall–Kier alpha value is -3.61. The second kappa shape index (κ2) is 10.6. The molecule has 1 atom stereocenters. The number of likely N-dealkylation sites (tertiary alicyclic amines) is 1. The summed E-state index contributed by atoms with van der Waals surface area (Å²) in [5.41, 5.74) is 3.97. The van der Waals surface area contributed by atoms with E-state index in [1.165, 1.54) is 11.1 Å². The molecular weight excluding hydrogens is 498 g/mol. The van der Waals surface area contributed by atoms with Crippen LogP contribution in [-0.2, 0) is 11.3 Å².